The highest BCUT2D eigenvalue weighted by molar-refractivity contribution is 5.31. The number of benzene rings is 1. The molecule has 4 heteroatoms. The molecule has 1 heterocycles. The number of nitrogens with zero attached hydrogens (tertiary/aromatic N) is 2. The molecule has 2 rings (SSSR count). The maximum atomic E-state index is 13.3. The van der Waals surface area contributed by atoms with E-state index in [4.69, 9.17) is 0 Å². The number of aryl methyl sites for hydroxylation is 2. The fourth-order valence-electron chi connectivity index (χ4n) is 2.03. The Morgan fingerprint density at radius 3 is 2.72 bits per heavy atom. The van der Waals surface area contributed by atoms with Crippen molar-refractivity contribution in [2.75, 3.05) is 6.54 Å². The van der Waals surface area contributed by atoms with Crippen LogP contribution in [0.25, 0.3) is 0 Å². The lowest BCUT2D eigenvalue weighted by atomic mass is 10.0. The predicted octanol–water partition coefficient (Wildman–Crippen LogP) is 2.57. The second-order valence-corrected chi connectivity index (χ2v) is 4.41. The average Bonchev–Trinajstić information content (AvgIpc) is 2.76. The first kappa shape index (κ1) is 12.8. The first-order valence-corrected chi connectivity index (χ1v) is 6.10. The van der Waals surface area contributed by atoms with E-state index in [1.807, 2.05) is 38.4 Å². The lowest BCUT2D eigenvalue weighted by Crippen LogP contribution is -2.22. The summed E-state index contributed by atoms with van der Waals surface area (Å²) in [5.41, 5.74) is 2.64. The Labute approximate surface area is 107 Å². The van der Waals surface area contributed by atoms with Crippen LogP contribution in [0.15, 0.2) is 30.5 Å². The van der Waals surface area contributed by atoms with Crippen molar-refractivity contribution in [3.05, 3.63) is 53.1 Å². The number of hydrogen-bond acceptors (Lipinski definition) is 2. The molecule has 0 aliphatic rings. The van der Waals surface area contributed by atoms with Crippen LogP contribution in [-0.4, -0.2) is 16.3 Å². The molecule has 1 aromatic heterocycles. The standard InChI is InChI=1S/C14H18FN3/c1-4-16-14(13-7-8-18(3)17-13)11-5-6-12(15)10(2)9-11/h5-9,14,16H,4H2,1-3H3. The Balaban J connectivity index is 2.37. The van der Waals surface area contributed by atoms with Crippen LogP contribution in [0.2, 0.25) is 0 Å². The zero-order valence-electron chi connectivity index (χ0n) is 10.9. The second-order valence-electron chi connectivity index (χ2n) is 4.41. The minimum absolute atomic E-state index is 0.00972. The van der Waals surface area contributed by atoms with Crippen molar-refractivity contribution in [2.45, 2.75) is 19.9 Å². The van der Waals surface area contributed by atoms with Crippen LogP contribution in [0.3, 0.4) is 0 Å². The average molecular weight is 247 g/mol. The van der Waals surface area contributed by atoms with E-state index in [-0.39, 0.29) is 11.9 Å². The predicted molar refractivity (Wildman–Crippen MR) is 69.9 cm³/mol. The molecule has 3 nitrogen and oxygen atoms in total. The van der Waals surface area contributed by atoms with Crippen molar-refractivity contribution >= 4 is 0 Å². The number of nitrogens with one attached hydrogen (secondary N) is 1. The van der Waals surface area contributed by atoms with Gasteiger partial charge in [-0.25, -0.2) is 4.39 Å². The quantitative estimate of drug-likeness (QED) is 0.900. The van der Waals surface area contributed by atoms with Crippen molar-refractivity contribution in [1.29, 1.82) is 0 Å². The SMILES string of the molecule is CCNC(c1ccc(F)c(C)c1)c1ccn(C)n1. The van der Waals surface area contributed by atoms with Gasteiger partial charge in [-0.3, -0.25) is 4.68 Å². The minimum atomic E-state index is -0.171. The molecule has 1 atom stereocenters. The highest BCUT2D eigenvalue weighted by atomic mass is 19.1. The van der Waals surface area contributed by atoms with Gasteiger partial charge >= 0.3 is 0 Å². The lowest BCUT2D eigenvalue weighted by Gasteiger charge is -2.17. The first-order valence-electron chi connectivity index (χ1n) is 6.10. The van der Waals surface area contributed by atoms with E-state index in [2.05, 4.69) is 10.4 Å². The molecule has 0 saturated carbocycles. The molecule has 0 radical (unpaired) electrons. The molecule has 2 aromatic rings. The van der Waals surface area contributed by atoms with Crippen LogP contribution >= 0.6 is 0 Å². The molecule has 0 fully saturated rings. The maximum Gasteiger partial charge on any atom is 0.126 e. The molecule has 0 spiro atoms. The summed E-state index contributed by atoms with van der Waals surface area (Å²) in [5, 5.41) is 7.80. The largest absolute Gasteiger partial charge is 0.305 e. The molecule has 1 aromatic carbocycles. The first-order chi connectivity index (χ1) is 8.61. The van der Waals surface area contributed by atoms with Gasteiger partial charge in [0.05, 0.1) is 11.7 Å². The molecule has 1 N–H and O–H groups in total. The Hall–Kier alpha value is -1.68. The lowest BCUT2D eigenvalue weighted by molar-refractivity contribution is 0.590. The van der Waals surface area contributed by atoms with Crippen LogP contribution < -0.4 is 5.32 Å². The maximum absolute atomic E-state index is 13.3. The molecule has 96 valence electrons. The highest BCUT2D eigenvalue weighted by Crippen LogP contribution is 2.22. The third kappa shape index (κ3) is 2.59. The number of aromatic nitrogens is 2. The normalized spacial score (nSPS) is 12.7. The second kappa shape index (κ2) is 5.31. The van der Waals surface area contributed by atoms with E-state index >= 15 is 0 Å². The summed E-state index contributed by atoms with van der Waals surface area (Å²) in [5.74, 6) is -0.171. The summed E-state index contributed by atoms with van der Waals surface area (Å²) in [4.78, 5) is 0. The van der Waals surface area contributed by atoms with Gasteiger partial charge in [0.1, 0.15) is 5.82 Å². The Morgan fingerprint density at radius 1 is 1.39 bits per heavy atom. The van der Waals surface area contributed by atoms with Crippen LogP contribution in [0, 0.1) is 12.7 Å². The van der Waals surface area contributed by atoms with Gasteiger partial charge in [-0.2, -0.15) is 5.10 Å². The van der Waals surface area contributed by atoms with Gasteiger partial charge < -0.3 is 5.32 Å². The number of halogens is 1. The molecule has 0 amide bonds. The smallest absolute Gasteiger partial charge is 0.126 e. The molecule has 0 saturated heterocycles. The van der Waals surface area contributed by atoms with Crippen LogP contribution in [0.4, 0.5) is 4.39 Å². The van der Waals surface area contributed by atoms with Crippen LogP contribution in [-0.2, 0) is 7.05 Å². The van der Waals surface area contributed by atoms with E-state index in [0.717, 1.165) is 17.8 Å². The summed E-state index contributed by atoms with van der Waals surface area (Å²) in [6.07, 6.45) is 1.91. The Bertz CT molecular complexity index is 534. The molecule has 1 unspecified atom stereocenters. The molecule has 0 aliphatic heterocycles. The molecule has 0 bridgehead atoms. The van der Waals surface area contributed by atoms with E-state index < -0.39 is 0 Å². The van der Waals surface area contributed by atoms with E-state index in [1.54, 1.807) is 11.6 Å². The zero-order chi connectivity index (χ0) is 13.1. The molecular formula is C14H18FN3. The fraction of sp³-hybridized carbons (Fsp3) is 0.357. The zero-order valence-corrected chi connectivity index (χ0v) is 10.9. The van der Waals surface area contributed by atoms with Crippen molar-refractivity contribution < 1.29 is 4.39 Å². The van der Waals surface area contributed by atoms with Crippen molar-refractivity contribution in [3.8, 4) is 0 Å². The Kier molecular flexibility index (Phi) is 3.77. The summed E-state index contributed by atoms with van der Waals surface area (Å²) < 4.78 is 15.1. The monoisotopic (exact) mass is 247 g/mol. The van der Waals surface area contributed by atoms with Gasteiger partial charge in [0.15, 0.2) is 0 Å². The minimum Gasteiger partial charge on any atom is -0.305 e. The molecule has 18 heavy (non-hydrogen) atoms. The van der Waals surface area contributed by atoms with Gasteiger partial charge in [-0.1, -0.05) is 19.1 Å². The van der Waals surface area contributed by atoms with Gasteiger partial charge in [0.2, 0.25) is 0 Å². The highest BCUT2D eigenvalue weighted by Gasteiger charge is 2.16. The van der Waals surface area contributed by atoms with Gasteiger partial charge in [0.25, 0.3) is 0 Å². The summed E-state index contributed by atoms with van der Waals surface area (Å²) >= 11 is 0. The Morgan fingerprint density at radius 2 is 2.17 bits per heavy atom. The summed E-state index contributed by atoms with van der Waals surface area (Å²) in [6, 6.07) is 7.18. The van der Waals surface area contributed by atoms with Crippen molar-refractivity contribution in [1.82, 2.24) is 15.1 Å². The van der Waals surface area contributed by atoms with E-state index in [1.165, 1.54) is 6.07 Å². The number of hydrogen-bond donors (Lipinski definition) is 1. The van der Waals surface area contributed by atoms with Crippen LogP contribution in [0.1, 0.15) is 29.8 Å². The number of rotatable bonds is 4. The van der Waals surface area contributed by atoms with Gasteiger partial charge in [0, 0.05) is 13.2 Å². The van der Waals surface area contributed by atoms with Crippen molar-refractivity contribution in [2.24, 2.45) is 7.05 Å². The topological polar surface area (TPSA) is 29.9 Å². The molecular weight excluding hydrogens is 229 g/mol. The van der Waals surface area contributed by atoms with Gasteiger partial charge in [-0.05, 0) is 36.7 Å². The van der Waals surface area contributed by atoms with Crippen LogP contribution in [0.5, 0.6) is 0 Å². The van der Waals surface area contributed by atoms with Crippen molar-refractivity contribution in [3.63, 3.8) is 0 Å². The third-order valence-corrected chi connectivity index (χ3v) is 2.95. The van der Waals surface area contributed by atoms with E-state index in [0.29, 0.717) is 5.56 Å². The fourth-order valence-corrected chi connectivity index (χ4v) is 2.03. The van der Waals surface area contributed by atoms with Gasteiger partial charge in [-0.15, -0.1) is 0 Å². The summed E-state index contributed by atoms with van der Waals surface area (Å²) in [6.45, 7) is 4.66. The van der Waals surface area contributed by atoms with E-state index in [9.17, 15) is 4.39 Å². The third-order valence-electron chi connectivity index (χ3n) is 2.95. The molecule has 0 aliphatic carbocycles. The summed E-state index contributed by atoms with van der Waals surface area (Å²) in [7, 11) is 1.89.